The number of carbonyl (C=O) groups is 2. The van der Waals surface area contributed by atoms with Crippen molar-refractivity contribution in [3.05, 3.63) is 41.5 Å². The normalized spacial score (nSPS) is 40.8. The fourth-order valence-corrected chi connectivity index (χ4v) is 12.0. The van der Waals surface area contributed by atoms with Crippen molar-refractivity contribution in [3.8, 4) is 11.5 Å². The van der Waals surface area contributed by atoms with E-state index < -0.39 is 11.4 Å². The summed E-state index contributed by atoms with van der Waals surface area (Å²) in [6.45, 7) is 16.5. The van der Waals surface area contributed by atoms with Gasteiger partial charge in [0.25, 0.3) is 0 Å². The molecule has 0 aliphatic heterocycles. The first kappa shape index (κ1) is 33.2. The third-order valence-corrected chi connectivity index (χ3v) is 14.7. The summed E-state index contributed by atoms with van der Waals surface area (Å²) in [5, 5.41) is 21.2. The zero-order valence-electron chi connectivity index (χ0n) is 29.4. The molecule has 0 heterocycles. The number of aliphatic carboxylic acids is 1. The minimum Gasteiger partial charge on any atom is -0.504 e. The van der Waals surface area contributed by atoms with Crippen molar-refractivity contribution in [2.24, 2.45) is 50.2 Å². The van der Waals surface area contributed by atoms with Crippen LogP contribution in [0.15, 0.2) is 35.9 Å². The lowest BCUT2D eigenvalue weighted by Gasteiger charge is -2.70. The molecule has 4 saturated carbocycles. The Hall–Kier alpha value is -2.76. The highest BCUT2D eigenvalue weighted by Gasteiger charge is 2.71. The molecule has 0 spiro atoms. The number of carbonyl (C=O) groups excluding carboxylic acids is 1. The molecule has 0 bridgehead atoms. The maximum absolute atomic E-state index is 13.8. The van der Waals surface area contributed by atoms with Crippen LogP contribution in [0, 0.1) is 50.2 Å². The van der Waals surface area contributed by atoms with Crippen molar-refractivity contribution in [1.82, 2.24) is 0 Å². The van der Waals surface area contributed by atoms with Gasteiger partial charge in [0.15, 0.2) is 11.5 Å². The second kappa shape index (κ2) is 10.9. The zero-order chi connectivity index (χ0) is 33.5. The third-order valence-electron chi connectivity index (χ3n) is 14.7. The van der Waals surface area contributed by atoms with Gasteiger partial charge in [-0.3, -0.25) is 4.79 Å². The Balaban J connectivity index is 1.27. The number of hydrogen-bond acceptors (Lipinski definition) is 5. The smallest absolute Gasteiger partial charge is 0.331 e. The Bertz CT molecular complexity index is 1470. The predicted octanol–water partition coefficient (Wildman–Crippen LogP) is 9.21. The van der Waals surface area contributed by atoms with E-state index in [4.69, 9.17) is 9.47 Å². The number of fused-ring (bicyclic) bond motifs is 7. The molecule has 8 unspecified atom stereocenters. The van der Waals surface area contributed by atoms with Crippen molar-refractivity contribution >= 4 is 18.0 Å². The van der Waals surface area contributed by atoms with Crippen LogP contribution in [0.2, 0.25) is 0 Å². The number of aromatic hydroxyl groups is 1. The SMILES string of the molecule is COc1cc(C=CC(=O)OC2CCC3(C)C(CCC4(C)C3CC=C3C5CC(C)(C)CCC5(C)CCC34C(=O)O)C2(C)C)ccc1O. The molecule has 2 N–H and O–H groups in total. The molecule has 1 aromatic rings. The van der Waals surface area contributed by atoms with E-state index in [0.717, 1.165) is 56.9 Å². The van der Waals surface area contributed by atoms with Crippen LogP contribution in [0.4, 0.5) is 0 Å². The van der Waals surface area contributed by atoms with Gasteiger partial charge in [-0.05, 0) is 127 Å². The van der Waals surface area contributed by atoms with Crippen molar-refractivity contribution in [2.75, 3.05) is 7.11 Å². The molecule has 252 valence electrons. The summed E-state index contributed by atoms with van der Waals surface area (Å²) < 4.78 is 11.4. The van der Waals surface area contributed by atoms with E-state index in [9.17, 15) is 19.8 Å². The van der Waals surface area contributed by atoms with Gasteiger partial charge >= 0.3 is 11.9 Å². The van der Waals surface area contributed by atoms with E-state index >= 15 is 0 Å². The fraction of sp³-hybridized carbons (Fsp3) is 0.700. The largest absolute Gasteiger partial charge is 0.504 e. The molecule has 5 aliphatic carbocycles. The summed E-state index contributed by atoms with van der Waals surface area (Å²) in [6, 6.07) is 4.96. The lowest BCUT2D eigenvalue weighted by molar-refractivity contribution is -0.218. The molecule has 0 aromatic heterocycles. The highest BCUT2D eigenvalue weighted by molar-refractivity contribution is 5.87. The number of rotatable bonds is 5. The Morgan fingerprint density at radius 3 is 2.33 bits per heavy atom. The van der Waals surface area contributed by atoms with E-state index in [-0.39, 0.29) is 50.8 Å². The van der Waals surface area contributed by atoms with E-state index in [1.54, 1.807) is 24.3 Å². The van der Waals surface area contributed by atoms with Gasteiger partial charge < -0.3 is 19.7 Å². The molecule has 4 fully saturated rings. The summed E-state index contributed by atoms with van der Waals surface area (Å²) in [6.07, 6.45) is 15.1. The molecule has 6 heteroatoms. The molecule has 0 saturated heterocycles. The first-order valence-corrected chi connectivity index (χ1v) is 17.6. The molecule has 0 radical (unpaired) electrons. The van der Waals surface area contributed by atoms with Crippen LogP contribution < -0.4 is 4.74 Å². The Morgan fingerprint density at radius 1 is 0.913 bits per heavy atom. The first-order valence-electron chi connectivity index (χ1n) is 17.6. The number of benzene rings is 1. The van der Waals surface area contributed by atoms with Gasteiger partial charge in [0.05, 0.1) is 12.5 Å². The van der Waals surface area contributed by atoms with Gasteiger partial charge in [0.1, 0.15) is 6.10 Å². The van der Waals surface area contributed by atoms with Crippen LogP contribution in [0.1, 0.15) is 118 Å². The first-order chi connectivity index (χ1) is 21.4. The molecule has 5 aliphatic rings. The minimum atomic E-state index is -0.809. The molecule has 8 atom stereocenters. The van der Waals surface area contributed by atoms with E-state index in [0.29, 0.717) is 17.6 Å². The number of hydrogen-bond donors (Lipinski definition) is 2. The highest BCUT2D eigenvalue weighted by atomic mass is 16.5. The number of carboxylic acid groups (broad SMARTS) is 1. The van der Waals surface area contributed by atoms with Gasteiger partial charge in [-0.1, -0.05) is 66.2 Å². The number of allylic oxidation sites excluding steroid dienone is 1. The fourth-order valence-electron chi connectivity index (χ4n) is 12.0. The van der Waals surface area contributed by atoms with Crippen LogP contribution in [0.5, 0.6) is 11.5 Å². The number of esters is 1. The van der Waals surface area contributed by atoms with Crippen molar-refractivity contribution in [1.29, 1.82) is 0 Å². The summed E-state index contributed by atoms with van der Waals surface area (Å²) in [5.41, 5.74) is 1.01. The molecule has 6 nitrogen and oxygen atoms in total. The van der Waals surface area contributed by atoms with Crippen molar-refractivity contribution in [2.45, 2.75) is 119 Å². The molecular weight excluding hydrogens is 576 g/mol. The van der Waals surface area contributed by atoms with Gasteiger partial charge in [-0.25, -0.2) is 4.79 Å². The lowest BCUT2D eigenvalue weighted by Crippen LogP contribution is -2.67. The van der Waals surface area contributed by atoms with Crippen LogP contribution in [0.25, 0.3) is 6.08 Å². The molecule has 46 heavy (non-hydrogen) atoms. The third kappa shape index (κ3) is 4.78. The number of phenolic OH excluding ortho intramolecular Hbond substituents is 1. The van der Waals surface area contributed by atoms with Crippen LogP contribution in [-0.2, 0) is 14.3 Å². The Kier molecular flexibility index (Phi) is 7.84. The van der Waals surface area contributed by atoms with Crippen LogP contribution in [-0.4, -0.2) is 35.4 Å². The summed E-state index contributed by atoms with van der Waals surface area (Å²) in [5.74, 6) is 0.358. The second-order valence-electron chi connectivity index (χ2n) is 17.8. The van der Waals surface area contributed by atoms with Gasteiger partial charge in [-0.15, -0.1) is 0 Å². The van der Waals surface area contributed by atoms with Crippen molar-refractivity contribution in [3.63, 3.8) is 0 Å². The number of carboxylic acids is 1. The van der Waals surface area contributed by atoms with Crippen LogP contribution >= 0.6 is 0 Å². The maximum atomic E-state index is 13.8. The van der Waals surface area contributed by atoms with Gasteiger partial charge in [-0.2, -0.15) is 0 Å². The average Bonchev–Trinajstić information content (AvgIpc) is 2.98. The monoisotopic (exact) mass is 632 g/mol. The van der Waals surface area contributed by atoms with E-state index in [2.05, 4.69) is 54.5 Å². The molecule has 6 rings (SSSR count). The Labute approximate surface area is 276 Å². The predicted molar refractivity (Wildman–Crippen MR) is 180 cm³/mol. The van der Waals surface area contributed by atoms with Crippen molar-refractivity contribution < 1.29 is 29.3 Å². The molecular formula is C40H56O6. The average molecular weight is 633 g/mol. The van der Waals surface area contributed by atoms with E-state index in [1.807, 2.05) is 0 Å². The Morgan fingerprint density at radius 2 is 1.63 bits per heavy atom. The number of methoxy groups -OCH3 is 1. The molecule has 0 amide bonds. The van der Waals surface area contributed by atoms with Gasteiger partial charge in [0, 0.05) is 11.5 Å². The summed E-state index contributed by atoms with van der Waals surface area (Å²) >= 11 is 0. The quantitative estimate of drug-likeness (QED) is 0.191. The zero-order valence-corrected chi connectivity index (χ0v) is 29.4. The maximum Gasteiger partial charge on any atom is 0.331 e. The van der Waals surface area contributed by atoms with E-state index in [1.165, 1.54) is 31.6 Å². The topological polar surface area (TPSA) is 93.1 Å². The standard InChI is InChI=1S/C40H56O6/c1-35(2)19-20-37(5)21-22-40(34(43)44)26(27(37)24-35)11-13-31-38(6)17-16-32(36(3,4)30(38)15-18-39(31,40)7)46-33(42)14-10-25-9-12-28(41)29(23-25)45-8/h9-12,14,23,27,30-32,41H,13,15-22,24H2,1-8H3,(H,43,44). The number of ether oxygens (including phenoxy) is 2. The van der Waals surface area contributed by atoms with Gasteiger partial charge in [0.2, 0.25) is 0 Å². The summed E-state index contributed by atoms with van der Waals surface area (Å²) in [4.78, 5) is 26.9. The lowest BCUT2D eigenvalue weighted by atomic mass is 9.33. The summed E-state index contributed by atoms with van der Waals surface area (Å²) in [7, 11) is 1.50. The number of phenols is 1. The minimum absolute atomic E-state index is 0.0467. The molecule has 1 aromatic carbocycles. The van der Waals surface area contributed by atoms with Crippen LogP contribution in [0.3, 0.4) is 0 Å². The second-order valence-corrected chi connectivity index (χ2v) is 17.8. The highest BCUT2D eigenvalue weighted by Crippen LogP contribution is 2.76.